The van der Waals surface area contributed by atoms with Crippen LogP contribution in [0.15, 0.2) is 78.9 Å². The molecular formula is C32H32NO7+. The van der Waals surface area contributed by atoms with Crippen molar-refractivity contribution in [1.82, 2.24) is 0 Å². The van der Waals surface area contributed by atoms with E-state index in [9.17, 15) is 9.70 Å². The van der Waals surface area contributed by atoms with E-state index in [1.54, 1.807) is 0 Å². The zero-order valence-corrected chi connectivity index (χ0v) is 23.2. The quantitative estimate of drug-likeness (QED) is 0.145. The summed E-state index contributed by atoms with van der Waals surface area (Å²) in [6.07, 6.45) is 0. The fraction of sp³-hybridized carbons (Fsp3) is 0.219. The van der Waals surface area contributed by atoms with Crippen LogP contribution in [0.3, 0.4) is 0 Å². The Bertz CT molecular complexity index is 1500. The van der Waals surface area contributed by atoms with Gasteiger partial charge in [-0.05, 0) is 43.5 Å². The van der Waals surface area contributed by atoms with Crippen LogP contribution in [-0.2, 0) is 22.8 Å². The van der Waals surface area contributed by atoms with Gasteiger partial charge in [0, 0.05) is 23.3 Å². The third-order valence-corrected chi connectivity index (χ3v) is 6.54. The first-order chi connectivity index (χ1) is 19.3. The van der Waals surface area contributed by atoms with E-state index in [1.807, 2.05) is 81.4 Å². The van der Waals surface area contributed by atoms with Crippen molar-refractivity contribution in [3.63, 3.8) is 0 Å². The molecular weight excluding hydrogens is 510 g/mol. The molecule has 4 aromatic rings. The van der Waals surface area contributed by atoms with Crippen LogP contribution in [0.25, 0.3) is 0 Å². The van der Waals surface area contributed by atoms with Crippen LogP contribution in [0.1, 0.15) is 38.2 Å². The van der Waals surface area contributed by atoms with E-state index in [1.165, 1.54) is 32.4 Å². The molecule has 0 aliphatic rings. The Balaban J connectivity index is 1.82. The standard InChI is InChI=1S/C32H32NO7/c1-21-22(2)30(39-20-25-14-10-7-11-15-25)31(23(3)29(21)38-19-24-12-8-6-9-13-24)40-28-18-26(32(34)36-4)16-17-27(28)33(35)37-5/h6-18H,19-20H2,1-5H3/q+1. The molecule has 0 saturated carbocycles. The maximum Gasteiger partial charge on any atom is 0.358 e. The molecule has 0 amide bonds. The molecule has 0 radical (unpaired) electrons. The molecule has 0 heterocycles. The number of ether oxygens (including phenoxy) is 4. The fourth-order valence-corrected chi connectivity index (χ4v) is 4.24. The second-order valence-electron chi connectivity index (χ2n) is 9.13. The molecule has 0 saturated heterocycles. The van der Waals surface area contributed by atoms with Crippen LogP contribution in [0, 0.1) is 25.7 Å². The van der Waals surface area contributed by atoms with Gasteiger partial charge < -0.3 is 18.9 Å². The van der Waals surface area contributed by atoms with Crippen molar-refractivity contribution in [2.45, 2.75) is 34.0 Å². The van der Waals surface area contributed by atoms with E-state index in [4.69, 9.17) is 23.8 Å². The monoisotopic (exact) mass is 542 g/mol. The molecule has 0 spiro atoms. The summed E-state index contributed by atoms with van der Waals surface area (Å²) >= 11 is 0. The van der Waals surface area contributed by atoms with E-state index in [0.717, 1.165) is 22.3 Å². The summed E-state index contributed by atoms with van der Waals surface area (Å²) in [5.41, 5.74) is 4.65. The summed E-state index contributed by atoms with van der Waals surface area (Å²) in [4.78, 5) is 30.0. The highest BCUT2D eigenvalue weighted by atomic mass is 16.8. The zero-order chi connectivity index (χ0) is 28.6. The first-order valence-electron chi connectivity index (χ1n) is 12.7. The SMILES string of the molecule is COC(=O)c1ccc([N+](=O)OC)c(Oc2c(C)c(OCc3ccccc3)c(C)c(C)c2OCc2ccccc2)c1. The Hall–Kier alpha value is -4.85. The van der Waals surface area contributed by atoms with Crippen molar-refractivity contribution in [3.8, 4) is 23.0 Å². The first-order valence-corrected chi connectivity index (χ1v) is 12.7. The largest absolute Gasteiger partial charge is 0.488 e. The van der Waals surface area contributed by atoms with Gasteiger partial charge >= 0.3 is 11.7 Å². The molecule has 0 aliphatic heterocycles. The molecule has 0 aromatic heterocycles. The highest BCUT2D eigenvalue weighted by Crippen LogP contribution is 2.47. The average Bonchev–Trinajstić information content (AvgIpc) is 2.99. The van der Waals surface area contributed by atoms with Gasteiger partial charge in [0.25, 0.3) is 4.92 Å². The van der Waals surface area contributed by atoms with Gasteiger partial charge in [0.05, 0.1) is 17.6 Å². The molecule has 0 atom stereocenters. The molecule has 8 heteroatoms. The Morgan fingerprint density at radius 1 is 0.700 bits per heavy atom. The number of nitrogens with zero attached hydrogens (tertiary/aromatic N) is 1. The van der Waals surface area contributed by atoms with E-state index < -0.39 is 5.97 Å². The van der Waals surface area contributed by atoms with Crippen molar-refractivity contribution in [2.75, 3.05) is 14.2 Å². The molecule has 4 rings (SSSR count). The van der Waals surface area contributed by atoms with E-state index in [-0.39, 0.29) is 17.0 Å². The molecule has 206 valence electrons. The van der Waals surface area contributed by atoms with Crippen LogP contribution in [0.2, 0.25) is 0 Å². The number of hydrogen-bond acceptors (Lipinski definition) is 7. The fourth-order valence-electron chi connectivity index (χ4n) is 4.24. The Morgan fingerprint density at radius 2 is 1.25 bits per heavy atom. The lowest BCUT2D eigenvalue weighted by atomic mass is 10.0. The second-order valence-corrected chi connectivity index (χ2v) is 9.13. The third-order valence-electron chi connectivity index (χ3n) is 6.54. The van der Waals surface area contributed by atoms with Crippen LogP contribution in [0.5, 0.6) is 23.0 Å². The van der Waals surface area contributed by atoms with Gasteiger partial charge in [0.2, 0.25) is 5.75 Å². The van der Waals surface area contributed by atoms with E-state index >= 15 is 0 Å². The lowest BCUT2D eigenvalue weighted by Gasteiger charge is -2.22. The molecule has 0 fully saturated rings. The highest BCUT2D eigenvalue weighted by molar-refractivity contribution is 5.90. The van der Waals surface area contributed by atoms with Crippen molar-refractivity contribution >= 4 is 11.7 Å². The average molecular weight is 543 g/mol. The topological polar surface area (TPSA) is 83.3 Å². The minimum atomic E-state index is -0.574. The number of hydrogen-bond donors (Lipinski definition) is 0. The van der Waals surface area contributed by atoms with Crippen LogP contribution in [0.4, 0.5) is 5.69 Å². The molecule has 4 aromatic carbocycles. The molecule has 0 N–H and O–H groups in total. The predicted octanol–water partition coefficient (Wildman–Crippen LogP) is 7.32. The Morgan fingerprint density at radius 3 is 1.80 bits per heavy atom. The van der Waals surface area contributed by atoms with Gasteiger partial charge in [0.1, 0.15) is 19.0 Å². The van der Waals surface area contributed by atoms with E-state index in [2.05, 4.69) is 0 Å². The number of carbonyl (C=O) groups excluding carboxylic acids is 1. The van der Waals surface area contributed by atoms with Crippen LogP contribution >= 0.6 is 0 Å². The number of methoxy groups -OCH3 is 1. The summed E-state index contributed by atoms with van der Waals surface area (Å²) in [5.74, 6) is 1.00. The lowest BCUT2D eigenvalue weighted by Crippen LogP contribution is -2.08. The van der Waals surface area contributed by atoms with Gasteiger partial charge in [-0.25, -0.2) is 9.63 Å². The van der Waals surface area contributed by atoms with Gasteiger partial charge in [0.15, 0.2) is 18.6 Å². The highest BCUT2D eigenvalue weighted by Gasteiger charge is 2.28. The van der Waals surface area contributed by atoms with Gasteiger partial charge in [-0.1, -0.05) is 60.7 Å². The van der Waals surface area contributed by atoms with E-state index in [0.29, 0.717) is 40.9 Å². The Kier molecular flexibility index (Phi) is 9.01. The maximum absolute atomic E-state index is 12.5. The summed E-state index contributed by atoms with van der Waals surface area (Å²) in [5, 5.41) is 0. The number of carbonyl (C=O) groups is 1. The van der Waals surface area contributed by atoms with Crippen LogP contribution in [-0.4, -0.2) is 25.1 Å². The number of benzene rings is 4. The second kappa shape index (κ2) is 12.8. The van der Waals surface area contributed by atoms with Gasteiger partial charge in [-0.2, -0.15) is 0 Å². The van der Waals surface area contributed by atoms with Gasteiger partial charge in [-0.3, -0.25) is 0 Å². The smallest absolute Gasteiger partial charge is 0.358 e. The van der Waals surface area contributed by atoms with Gasteiger partial charge in [-0.15, -0.1) is 0 Å². The maximum atomic E-state index is 12.5. The summed E-state index contributed by atoms with van der Waals surface area (Å²) in [6.45, 7) is 6.41. The minimum Gasteiger partial charge on any atom is -0.488 e. The molecule has 40 heavy (non-hydrogen) atoms. The van der Waals surface area contributed by atoms with Crippen molar-refractivity contribution in [3.05, 3.63) is 117 Å². The van der Waals surface area contributed by atoms with Crippen LogP contribution < -0.4 is 14.2 Å². The molecule has 0 unspecified atom stereocenters. The minimum absolute atomic E-state index is 0.0635. The Labute approximate surface area is 233 Å². The van der Waals surface area contributed by atoms with Crippen molar-refractivity contribution in [1.29, 1.82) is 0 Å². The summed E-state index contributed by atoms with van der Waals surface area (Å²) in [6, 6.07) is 24.0. The number of esters is 1. The lowest BCUT2D eigenvalue weighted by molar-refractivity contribution is -0.736. The van der Waals surface area contributed by atoms with Crippen molar-refractivity contribution in [2.24, 2.45) is 0 Å². The third kappa shape index (κ3) is 6.23. The molecule has 8 nitrogen and oxygen atoms in total. The molecule has 0 bridgehead atoms. The first kappa shape index (κ1) is 28.2. The number of rotatable bonds is 11. The predicted molar refractivity (Wildman–Crippen MR) is 150 cm³/mol. The summed E-state index contributed by atoms with van der Waals surface area (Å²) < 4.78 is 23.9. The zero-order valence-electron chi connectivity index (χ0n) is 23.2. The normalized spacial score (nSPS) is 10.5. The van der Waals surface area contributed by atoms with Crippen molar-refractivity contribution < 1.29 is 33.5 Å². The molecule has 0 aliphatic carbocycles. The summed E-state index contributed by atoms with van der Waals surface area (Å²) in [7, 11) is 2.53.